The van der Waals surface area contributed by atoms with E-state index >= 15 is 0 Å². The third-order valence-corrected chi connectivity index (χ3v) is 5.05. The molecule has 1 fully saturated rings. The third kappa shape index (κ3) is 4.25. The molecule has 1 unspecified atom stereocenters. The lowest BCUT2D eigenvalue weighted by atomic mass is 10.2. The number of ether oxygens (including phenoxy) is 2. The number of carbonyl (C=O) groups is 1. The molecule has 1 aromatic carbocycles. The summed E-state index contributed by atoms with van der Waals surface area (Å²) in [7, 11) is 1.41. The van der Waals surface area contributed by atoms with E-state index in [2.05, 4.69) is 10.3 Å². The van der Waals surface area contributed by atoms with Crippen LogP contribution in [0, 0.1) is 5.82 Å². The maximum Gasteiger partial charge on any atom is 0.274 e. The minimum absolute atomic E-state index is 0.128. The lowest BCUT2D eigenvalue weighted by Crippen LogP contribution is -2.25. The predicted octanol–water partition coefficient (Wildman–Crippen LogP) is 3.02. The Morgan fingerprint density at radius 3 is 2.88 bits per heavy atom. The number of hydrogen-bond acceptors (Lipinski definition) is 6. The molecule has 26 heavy (non-hydrogen) atoms. The lowest BCUT2D eigenvalue weighted by Gasteiger charge is -2.22. The molecular formula is C18H19FN2O4S. The molecule has 0 spiro atoms. The van der Waals surface area contributed by atoms with E-state index in [1.807, 2.05) is 0 Å². The standard InChI is InChI=1S/C18H19FN2O4S/c1-24-14-9-13(18-25-7-2-8-26-18)21-15(16(14)22)17(23)20-10-11-3-5-12(19)6-4-11/h3-6,9,18,22H,2,7-8,10H2,1H3,(H,20,23). The fraction of sp³-hybridized carbons (Fsp3) is 0.333. The van der Waals surface area contributed by atoms with Gasteiger partial charge in [-0.05, 0) is 29.9 Å². The van der Waals surface area contributed by atoms with Crippen LogP contribution in [0.4, 0.5) is 4.39 Å². The Kier molecular flexibility index (Phi) is 5.95. The molecule has 0 radical (unpaired) electrons. The van der Waals surface area contributed by atoms with Crippen LogP contribution >= 0.6 is 11.8 Å². The summed E-state index contributed by atoms with van der Waals surface area (Å²) in [6, 6.07) is 7.37. The molecule has 1 saturated heterocycles. The fourth-order valence-electron chi connectivity index (χ4n) is 2.50. The van der Waals surface area contributed by atoms with Crippen molar-refractivity contribution in [3.8, 4) is 11.5 Å². The number of methoxy groups -OCH3 is 1. The Balaban J connectivity index is 1.80. The smallest absolute Gasteiger partial charge is 0.274 e. The summed E-state index contributed by atoms with van der Waals surface area (Å²) in [5.41, 5.74) is 0.822. The van der Waals surface area contributed by atoms with Gasteiger partial charge in [0.2, 0.25) is 0 Å². The van der Waals surface area contributed by atoms with Crippen molar-refractivity contribution in [2.24, 2.45) is 0 Å². The first kappa shape index (κ1) is 18.5. The molecule has 2 N–H and O–H groups in total. The first-order valence-corrected chi connectivity index (χ1v) is 9.17. The van der Waals surface area contributed by atoms with Crippen molar-refractivity contribution in [3.05, 3.63) is 53.1 Å². The van der Waals surface area contributed by atoms with Crippen molar-refractivity contribution in [1.82, 2.24) is 10.3 Å². The summed E-state index contributed by atoms with van der Waals surface area (Å²) in [5, 5.41) is 12.9. The quantitative estimate of drug-likeness (QED) is 0.833. The second-order valence-corrected chi connectivity index (χ2v) is 6.85. The van der Waals surface area contributed by atoms with E-state index in [4.69, 9.17) is 9.47 Å². The fourth-order valence-corrected chi connectivity index (χ4v) is 3.48. The highest BCUT2D eigenvalue weighted by molar-refractivity contribution is 7.99. The van der Waals surface area contributed by atoms with Crippen LogP contribution in [-0.4, -0.2) is 35.5 Å². The van der Waals surface area contributed by atoms with Gasteiger partial charge in [0.25, 0.3) is 5.91 Å². The Morgan fingerprint density at radius 1 is 1.46 bits per heavy atom. The van der Waals surface area contributed by atoms with Crippen LogP contribution in [0.5, 0.6) is 11.5 Å². The summed E-state index contributed by atoms with van der Waals surface area (Å²) in [4.78, 5) is 16.8. The number of benzene rings is 1. The van der Waals surface area contributed by atoms with Crippen LogP contribution in [0.3, 0.4) is 0 Å². The summed E-state index contributed by atoms with van der Waals surface area (Å²) in [5.74, 6) is -0.123. The number of thioether (sulfide) groups is 1. The van der Waals surface area contributed by atoms with Crippen molar-refractivity contribution in [1.29, 1.82) is 0 Å². The average molecular weight is 378 g/mol. The van der Waals surface area contributed by atoms with Gasteiger partial charge >= 0.3 is 0 Å². The molecule has 0 aliphatic carbocycles. The van der Waals surface area contributed by atoms with E-state index in [9.17, 15) is 14.3 Å². The number of carbonyl (C=O) groups excluding carboxylic acids is 1. The molecule has 1 aliphatic heterocycles. The number of aromatic hydroxyl groups is 1. The highest BCUT2D eigenvalue weighted by atomic mass is 32.2. The normalized spacial score (nSPS) is 16.9. The van der Waals surface area contributed by atoms with Crippen LogP contribution in [0.2, 0.25) is 0 Å². The summed E-state index contributed by atoms with van der Waals surface area (Å²) in [6.07, 6.45) is 0.960. The molecule has 2 heterocycles. The molecule has 3 rings (SSSR count). The molecule has 6 nitrogen and oxygen atoms in total. The lowest BCUT2D eigenvalue weighted by molar-refractivity contribution is 0.0934. The Labute approximate surface area is 154 Å². The molecule has 8 heteroatoms. The van der Waals surface area contributed by atoms with Gasteiger partial charge in [-0.3, -0.25) is 4.79 Å². The van der Waals surface area contributed by atoms with Gasteiger partial charge in [-0.15, -0.1) is 11.8 Å². The third-order valence-electron chi connectivity index (χ3n) is 3.85. The highest BCUT2D eigenvalue weighted by Crippen LogP contribution is 2.38. The van der Waals surface area contributed by atoms with E-state index in [1.165, 1.54) is 19.2 Å². The van der Waals surface area contributed by atoms with Crippen molar-refractivity contribution < 1.29 is 23.8 Å². The van der Waals surface area contributed by atoms with Crippen LogP contribution in [0.15, 0.2) is 30.3 Å². The van der Waals surface area contributed by atoms with Gasteiger partial charge in [-0.25, -0.2) is 9.37 Å². The number of hydrogen-bond donors (Lipinski definition) is 2. The molecule has 138 valence electrons. The number of halogens is 1. The Hall–Kier alpha value is -2.32. The van der Waals surface area contributed by atoms with E-state index in [1.54, 1.807) is 30.0 Å². The minimum Gasteiger partial charge on any atom is -0.503 e. The second-order valence-electron chi connectivity index (χ2n) is 5.68. The van der Waals surface area contributed by atoms with Gasteiger partial charge in [-0.2, -0.15) is 0 Å². The molecule has 0 saturated carbocycles. The monoisotopic (exact) mass is 378 g/mol. The second kappa shape index (κ2) is 8.37. The number of pyridine rings is 1. The summed E-state index contributed by atoms with van der Waals surface area (Å²) < 4.78 is 23.8. The molecular weight excluding hydrogens is 359 g/mol. The van der Waals surface area contributed by atoms with Gasteiger partial charge in [0.15, 0.2) is 17.2 Å². The van der Waals surface area contributed by atoms with E-state index in [-0.39, 0.29) is 35.0 Å². The van der Waals surface area contributed by atoms with E-state index < -0.39 is 5.91 Å². The number of rotatable bonds is 5. The van der Waals surface area contributed by atoms with Gasteiger partial charge < -0.3 is 19.9 Å². The Morgan fingerprint density at radius 2 is 2.23 bits per heavy atom. The predicted molar refractivity (Wildman–Crippen MR) is 95.8 cm³/mol. The SMILES string of the molecule is COc1cc(C2OCCCS2)nc(C(=O)NCc2ccc(F)cc2)c1O. The molecule has 0 bridgehead atoms. The van der Waals surface area contributed by atoms with Gasteiger partial charge in [0, 0.05) is 19.2 Å². The summed E-state index contributed by atoms with van der Waals surface area (Å²) >= 11 is 1.58. The van der Waals surface area contributed by atoms with Crippen molar-refractivity contribution in [2.45, 2.75) is 18.4 Å². The molecule has 1 amide bonds. The van der Waals surface area contributed by atoms with Crippen molar-refractivity contribution in [3.63, 3.8) is 0 Å². The van der Waals surface area contributed by atoms with Crippen LogP contribution in [-0.2, 0) is 11.3 Å². The first-order chi connectivity index (χ1) is 12.6. The Bertz CT molecular complexity index is 780. The minimum atomic E-state index is -0.548. The van der Waals surface area contributed by atoms with Gasteiger partial charge in [-0.1, -0.05) is 12.1 Å². The number of amides is 1. The molecule has 2 aromatic rings. The molecule has 1 aliphatic rings. The van der Waals surface area contributed by atoms with E-state index in [0.717, 1.165) is 17.7 Å². The zero-order valence-electron chi connectivity index (χ0n) is 14.2. The zero-order valence-corrected chi connectivity index (χ0v) is 15.0. The maximum absolute atomic E-state index is 12.9. The largest absolute Gasteiger partial charge is 0.503 e. The molecule has 1 atom stereocenters. The molecule has 1 aromatic heterocycles. The van der Waals surface area contributed by atoms with Crippen molar-refractivity contribution >= 4 is 17.7 Å². The highest BCUT2D eigenvalue weighted by Gasteiger charge is 2.24. The number of nitrogens with zero attached hydrogens (tertiary/aromatic N) is 1. The average Bonchev–Trinajstić information content (AvgIpc) is 2.68. The topological polar surface area (TPSA) is 80.7 Å². The van der Waals surface area contributed by atoms with Gasteiger partial charge in [0.05, 0.1) is 12.8 Å². The van der Waals surface area contributed by atoms with Crippen molar-refractivity contribution in [2.75, 3.05) is 19.5 Å². The zero-order chi connectivity index (χ0) is 18.5. The summed E-state index contributed by atoms with van der Waals surface area (Å²) in [6.45, 7) is 0.802. The number of aromatic nitrogens is 1. The van der Waals surface area contributed by atoms with Gasteiger partial charge in [0.1, 0.15) is 11.3 Å². The van der Waals surface area contributed by atoms with Crippen LogP contribution in [0.1, 0.15) is 33.6 Å². The first-order valence-electron chi connectivity index (χ1n) is 8.12. The number of nitrogens with one attached hydrogen (secondary N) is 1. The van der Waals surface area contributed by atoms with Crippen LogP contribution < -0.4 is 10.1 Å². The maximum atomic E-state index is 12.9. The van der Waals surface area contributed by atoms with E-state index in [0.29, 0.717) is 12.3 Å². The van der Waals surface area contributed by atoms with Crippen LogP contribution in [0.25, 0.3) is 0 Å².